The summed E-state index contributed by atoms with van der Waals surface area (Å²) in [5, 5.41) is 7.09. The van der Waals surface area contributed by atoms with Crippen LogP contribution in [0.2, 0.25) is 0 Å². The summed E-state index contributed by atoms with van der Waals surface area (Å²) in [6.45, 7) is 5.62. The van der Waals surface area contributed by atoms with E-state index in [1.165, 1.54) is 6.92 Å². The molecular formula is C34H40N4O6. The van der Waals surface area contributed by atoms with Crippen molar-refractivity contribution in [1.82, 2.24) is 15.2 Å². The molecule has 2 heterocycles. The van der Waals surface area contributed by atoms with Crippen LogP contribution in [0.4, 0.5) is 5.69 Å². The molecule has 0 unspecified atom stereocenters. The maximum atomic E-state index is 12.9. The van der Waals surface area contributed by atoms with Gasteiger partial charge in [0.05, 0.1) is 39.5 Å². The molecule has 3 aromatic carbocycles. The highest BCUT2D eigenvalue weighted by molar-refractivity contribution is 5.96. The summed E-state index contributed by atoms with van der Waals surface area (Å²) in [7, 11) is 1.66. The first kappa shape index (κ1) is 30.9. The third-order valence-corrected chi connectivity index (χ3v) is 7.47. The molecule has 44 heavy (non-hydrogen) atoms. The van der Waals surface area contributed by atoms with E-state index in [0.717, 1.165) is 45.8 Å². The summed E-state index contributed by atoms with van der Waals surface area (Å²) < 4.78 is 25.3. The van der Waals surface area contributed by atoms with E-state index < -0.39 is 0 Å². The molecule has 232 valence electrons. The number of fused-ring (bicyclic) bond motifs is 1. The Morgan fingerprint density at radius 1 is 1.00 bits per heavy atom. The van der Waals surface area contributed by atoms with E-state index in [0.29, 0.717) is 46.1 Å². The topological polar surface area (TPSA) is 103 Å². The lowest BCUT2D eigenvalue weighted by Gasteiger charge is -2.36. The molecule has 0 aliphatic carbocycles. The largest absolute Gasteiger partial charge is 0.496 e. The highest BCUT2D eigenvalue weighted by Gasteiger charge is 2.29. The molecule has 10 heteroatoms. The Bertz CT molecular complexity index is 1540. The first-order valence-corrected chi connectivity index (χ1v) is 14.9. The van der Waals surface area contributed by atoms with Gasteiger partial charge in [-0.3, -0.25) is 9.59 Å². The van der Waals surface area contributed by atoms with Gasteiger partial charge in [0, 0.05) is 61.3 Å². The summed E-state index contributed by atoms with van der Waals surface area (Å²) in [4.78, 5) is 25.9. The van der Waals surface area contributed by atoms with Gasteiger partial charge >= 0.3 is 0 Å². The Labute approximate surface area is 257 Å². The number of ether oxygens (including phenoxy) is 4. The van der Waals surface area contributed by atoms with Crippen LogP contribution >= 0.6 is 0 Å². The minimum Gasteiger partial charge on any atom is -0.496 e. The predicted molar refractivity (Wildman–Crippen MR) is 169 cm³/mol. The van der Waals surface area contributed by atoms with E-state index in [1.807, 2.05) is 83.9 Å². The number of hydrogen-bond acceptors (Lipinski definition) is 7. The fraction of sp³-hybridized carbons (Fsp3) is 0.353. The summed E-state index contributed by atoms with van der Waals surface area (Å²) in [6.07, 6.45) is 2.76. The summed E-state index contributed by atoms with van der Waals surface area (Å²) >= 11 is 0. The van der Waals surface area contributed by atoms with Gasteiger partial charge in [-0.05, 0) is 54.6 Å². The van der Waals surface area contributed by atoms with Gasteiger partial charge in [-0.1, -0.05) is 18.2 Å². The summed E-state index contributed by atoms with van der Waals surface area (Å²) in [6, 6.07) is 23.3. The Morgan fingerprint density at radius 2 is 1.82 bits per heavy atom. The molecule has 1 aliphatic heterocycles. The Hall–Kier alpha value is -4.54. The Morgan fingerprint density at radius 3 is 2.64 bits per heavy atom. The van der Waals surface area contributed by atoms with Crippen LogP contribution in [0, 0.1) is 0 Å². The Kier molecular flexibility index (Phi) is 10.7. The lowest BCUT2D eigenvalue weighted by Crippen LogP contribution is -2.57. The minimum atomic E-state index is -0.165. The molecule has 0 bridgehead atoms. The van der Waals surface area contributed by atoms with Gasteiger partial charge in [0.2, 0.25) is 11.8 Å². The van der Waals surface area contributed by atoms with Gasteiger partial charge < -0.3 is 39.0 Å². The maximum Gasteiger partial charge on any atom is 0.241 e. The van der Waals surface area contributed by atoms with Crippen LogP contribution in [-0.2, 0) is 27.5 Å². The van der Waals surface area contributed by atoms with E-state index >= 15 is 0 Å². The lowest BCUT2D eigenvalue weighted by molar-refractivity contribution is -0.120. The smallest absolute Gasteiger partial charge is 0.241 e. The second kappa shape index (κ2) is 15.3. The fourth-order valence-corrected chi connectivity index (χ4v) is 5.28. The van der Waals surface area contributed by atoms with E-state index in [-0.39, 0.29) is 24.4 Å². The van der Waals surface area contributed by atoms with Crippen LogP contribution in [0.25, 0.3) is 10.9 Å². The molecule has 1 saturated heterocycles. The van der Waals surface area contributed by atoms with Crippen molar-refractivity contribution in [1.29, 1.82) is 0 Å². The monoisotopic (exact) mass is 600 g/mol. The number of amides is 2. The zero-order valence-electron chi connectivity index (χ0n) is 25.3. The lowest BCUT2D eigenvalue weighted by atomic mass is 10.1. The Balaban J connectivity index is 1.10. The van der Waals surface area contributed by atoms with E-state index in [9.17, 15) is 9.59 Å². The molecule has 4 aromatic rings. The van der Waals surface area contributed by atoms with Crippen molar-refractivity contribution in [2.45, 2.75) is 32.5 Å². The first-order chi connectivity index (χ1) is 21.5. The number of piperazine rings is 1. The van der Waals surface area contributed by atoms with Crippen molar-refractivity contribution in [3.8, 4) is 17.2 Å². The zero-order valence-corrected chi connectivity index (χ0v) is 25.3. The average Bonchev–Trinajstić information content (AvgIpc) is 3.44. The number of carbonyl (C=O) groups is 2. The molecule has 10 nitrogen and oxygen atoms in total. The van der Waals surface area contributed by atoms with Crippen LogP contribution in [0.5, 0.6) is 17.2 Å². The van der Waals surface area contributed by atoms with Crippen LogP contribution < -0.4 is 29.7 Å². The van der Waals surface area contributed by atoms with Crippen LogP contribution in [0.1, 0.15) is 18.9 Å². The van der Waals surface area contributed by atoms with Gasteiger partial charge in [0.1, 0.15) is 23.9 Å². The number of benzene rings is 3. The molecule has 1 aromatic heterocycles. The molecule has 1 atom stereocenters. The molecule has 2 N–H and O–H groups in total. The zero-order chi connectivity index (χ0) is 30.7. The van der Waals surface area contributed by atoms with Gasteiger partial charge in [-0.15, -0.1) is 0 Å². The molecule has 1 fully saturated rings. The van der Waals surface area contributed by atoms with E-state index in [4.69, 9.17) is 18.9 Å². The van der Waals surface area contributed by atoms with Crippen molar-refractivity contribution in [2.75, 3.05) is 51.5 Å². The van der Waals surface area contributed by atoms with Gasteiger partial charge in [-0.2, -0.15) is 0 Å². The number of aromatic nitrogens is 1. The van der Waals surface area contributed by atoms with Gasteiger partial charge in [0.15, 0.2) is 0 Å². The van der Waals surface area contributed by atoms with Crippen molar-refractivity contribution < 1.29 is 28.5 Å². The second-order valence-electron chi connectivity index (χ2n) is 10.6. The third kappa shape index (κ3) is 8.09. The average molecular weight is 601 g/mol. The van der Waals surface area contributed by atoms with E-state index in [2.05, 4.69) is 15.2 Å². The summed E-state index contributed by atoms with van der Waals surface area (Å²) in [5.41, 5.74) is 2.90. The molecule has 1 aliphatic rings. The predicted octanol–water partition coefficient (Wildman–Crippen LogP) is 4.16. The summed E-state index contributed by atoms with van der Waals surface area (Å²) in [5.74, 6) is 2.27. The third-order valence-electron chi connectivity index (χ3n) is 7.47. The molecule has 0 radical (unpaired) electrons. The van der Waals surface area contributed by atoms with Crippen LogP contribution in [-0.4, -0.2) is 69.0 Å². The van der Waals surface area contributed by atoms with Crippen molar-refractivity contribution in [3.05, 3.63) is 84.6 Å². The van der Waals surface area contributed by atoms with Crippen molar-refractivity contribution in [2.24, 2.45) is 0 Å². The van der Waals surface area contributed by atoms with Crippen molar-refractivity contribution in [3.63, 3.8) is 0 Å². The van der Waals surface area contributed by atoms with Crippen LogP contribution in [0.3, 0.4) is 0 Å². The quantitative estimate of drug-likeness (QED) is 0.198. The normalized spacial score (nSPS) is 14.9. The number of anilines is 1. The minimum absolute atomic E-state index is 0.00240. The fourth-order valence-electron chi connectivity index (χ4n) is 5.28. The standard InChI is InChI=1S/C34H40N4O6/c1-25(39)36-15-17-37-16-14-26-20-31(12-13-32(26)37)44-24-29-21-35-22-34(40)38(29)28-8-10-30(11-9-28)43-19-5-18-42-23-27-6-3-4-7-33(27)41-2/h3-4,6-14,16,20,29,35H,5,15,17-19,21-24H2,1-2H3,(H,36,39)/t29-/m1/s1. The number of carbonyl (C=O) groups excluding carboxylic acids is 2. The number of para-hydroxylation sites is 1. The number of nitrogens with zero attached hydrogens (tertiary/aromatic N) is 2. The number of rotatable bonds is 15. The number of nitrogens with one attached hydrogen (secondary N) is 2. The molecule has 0 saturated carbocycles. The molecule has 2 amide bonds. The molecular weight excluding hydrogens is 560 g/mol. The van der Waals surface area contributed by atoms with Crippen molar-refractivity contribution >= 4 is 28.4 Å². The van der Waals surface area contributed by atoms with Gasteiger partial charge in [-0.25, -0.2) is 0 Å². The highest BCUT2D eigenvalue weighted by Crippen LogP contribution is 2.26. The molecule has 5 rings (SSSR count). The second-order valence-corrected chi connectivity index (χ2v) is 10.6. The van der Waals surface area contributed by atoms with Gasteiger partial charge in [0.25, 0.3) is 0 Å². The first-order valence-electron chi connectivity index (χ1n) is 14.9. The molecule has 0 spiro atoms. The number of hydrogen-bond donors (Lipinski definition) is 2. The van der Waals surface area contributed by atoms with Crippen LogP contribution in [0.15, 0.2) is 79.0 Å². The highest BCUT2D eigenvalue weighted by atomic mass is 16.5. The number of methoxy groups -OCH3 is 1. The maximum absolute atomic E-state index is 12.9. The van der Waals surface area contributed by atoms with E-state index in [1.54, 1.807) is 7.11 Å². The SMILES string of the molecule is COc1ccccc1COCCCOc1ccc(N2C(=O)CNC[C@@H]2COc2ccc3c(ccn3CCNC(C)=O)c2)cc1.